The van der Waals surface area contributed by atoms with Crippen molar-refractivity contribution in [2.75, 3.05) is 5.01 Å². The molecular formula is C24H19N3O3. The van der Waals surface area contributed by atoms with Gasteiger partial charge in [-0.25, -0.2) is 4.79 Å². The molecule has 0 spiro atoms. The lowest BCUT2D eigenvalue weighted by molar-refractivity contribution is -0.118. The smallest absolute Gasteiger partial charge is 0.337 e. The number of benzene rings is 3. The minimum atomic E-state index is -1.07. The number of aryl methyl sites for hydroxylation is 1. The molecular weight excluding hydrogens is 378 g/mol. The van der Waals surface area contributed by atoms with Gasteiger partial charge >= 0.3 is 5.97 Å². The molecule has 1 aliphatic rings. The number of para-hydroxylation sites is 1. The number of anilines is 1. The summed E-state index contributed by atoms with van der Waals surface area (Å²) in [6.45, 7) is 1.86. The third kappa shape index (κ3) is 3.75. The summed E-state index contributed by atoms with van der Waals surface area (Å²) in [5, 5.41) is 15.4. The molecule has 1 N–H and O–H groups in total. The zero-order valence-corrected chi connectivity index (χ0v) is 16.3. The summed E-state index contributed by atoms with van der Waals surface area (Å²) in [6.07, 6.45) is 1.48. The molecule has 3 aromatic rings. The van der Waals surface area contributed by atoms with E-state index in [-0.39, 0.29) is 11.5 Å². The molecule has 3 aromatic carbocycles. The lowest BCUT2D eigenvalue weighted by Crippen LogP contribution is -2.28. The average Bonchev–Trinajstić information content (AvgIpc) is 3.09. The molecule has 30 heavy (non-hydrogen) atoms. The van der Waals surface area contributed by atoms with Crippen LogP contribution in [0.3, 0.4) is 0 Å². The van der Waals surface area contributed by atoms with Gasteiger partial charge in [0.1, 0.15) is 5.92 Å². The normalized spacial score (nSPS) is 16.2. The van der Waals surface area contributed by atoms with Crippen LogP contribution < -0.4 is 5.01 Å². The van der Waals surface area contributed by atoms with Crippen molar-refractivity contribution in [3.63, 3.8) is 0 Å². The number of aliphatic imine (C=N–C) groups is 1. The Morgan fingerprint density at radius 2 is 1.70 bits per heavy atom. The summed E-state index contributed by atoms with van der Waals surface area (Å²) >= 11 is 0. The highest BCUT2D eigenvalue weighted by Crippen LogP contribution is 2.27. The molecule has 148 valence electrons. The summed E-state index contributed by atoms with van der Waals surface area (Å²) in [5.74, 6) is -2.04. The molecule has 0 fully saturated rings. The van der Waals surface area contributed by atoms with E-state index in [0.717, 1.165) is 11.1 Å². The number of rotatable bonds is 5. The molecule has 1 heterocycles. The third-order valence-corrected chi connectivity index (χ3v) is 4.79. The van der Waals surface area contributed by atoms with Gasteiger partial charge in [0.25, 0.3) is 5.91 Å². The van der Waals surface area contributed by atoms with E-state index in [1.165, 1.54) is 17.3 Å². The first-order valence-electron chi connectivity index (χ1n) is 9.45. The Balaban J connectivity index is 1.75. The SMILES string of the molecule is Cc1ccc(C(=O)O)c(N=CC2C(=O)N(c3ccccc3)N=C2c2ccccc2)c1. The van der Waals surface area contributed by atoms with Crippen LogP contribution in [0.5, 0.6) is 0 Å². The van der Waals surface area contributed by atoms with Gasteiger partial charge in [-0.15, -0.1) is 0 Å². The second-order valence-corrected chi connectivity index (χ2v) is 6.92. The summed E-state index contributed by atoms with van der Waals surface area (Å²) in [6, 6.07) is 23.5. The first-order chi connectivity index (χ1) is 14.5. The van der Waals surface area contributed by atoms with Crippen LogP contribution >= 0.6 is 0 Å². The van der Waals surface area contributed by atoms with E-state index in [9.17, 15) is 14.7 Å². The first kappa shape index (κ1) is 19.3. The van der Waals surface area contributed by atoms with Crippen LogP contribution in [0.25, 0.3) is 0 Å². The maximum atomic E-state index is 13.2. The van der Waals surface area contributed by atoms with E-state index in [0.29, 0.717) is 17.1 Å². The van der Waals surface area contributed by atoms with Gasteiger partial charge in [0.2, 0.25) is 0 Å². The van der Waals surface area contributed by atoms with Gasteiger partial charge in [0, 0.05) is 6.21 Å². The van der Waals surface area contributed by atoms with Crippen LogP contribution in [0, 0.1) is 12.8 Å². The largest absolute Gasteiger partial charge is 0.478 e. The highest BCUT2D eigenvalue weighted by Gasteiger charge is 2.36. The van der Waals surface area contributed by atoms with E-state index < -0.39 is 11.9 Å². The number of nitrogens with zero attached hydrogens (tertiary/aromatic N) is 3. The number of carboxylic acids is 1. The van der Waals surface area contributed by atoms with Crippen LogP contribution in [0.4, 0.5) is 11.4 Å². The fraction of sp³-hybridized carbons (Fsp3) is 0.0833. The molecule has 0 aromatic heterocycles. The average molecular weight is 397 g/mol. The van der Waals surface area contributed by atoms with Crippen LogP contribution in [-0.4, -0.2) is 28.9 Å². The number of amides is 1. The Morgan fingerprint density at radius 1 is 1.03 bits per heavy atom. The molecule has 1 amide bonds. The molecule has 6 heteroatoms. The van der Waals surface area contributed by atoms with Crippen molar-refractivity contribution < 1.29 is 14.7 Å². The predicted octanol–water partition coefficient (Wildman–Crippen LogP) is 4.46. The second-order valence-electron chi connectivity index (χ2n) is 6.92. The van der Waals surface area contributed by atoms with Crippen molar-refractivity contribution in [3.8, 4) is 0 Å². The molecule has 4 rings (SSSR count). The highest BCUT2D eigenvalue weighted by molar-refractivity contribution is 6.29. The van der Waals surface area contributed by atoms with Gasteiger partial charge in [0.05, 0.1) is 22.6 Å². The number of carbonyl (C=O) groups excluding carboxylic acids is 1. The van der Waals surface area contributed by atoms with Crippen molar-refractivity contribution in [1.82, 2.24) is 0 Å². The minimum Gasteiger partial charge on any atom is -0.478 e. The molecule has 1 unspecified atom stereocenters. The van der Waals surface area contributed by atoms with Crippen molar-refractivity contribution in [3.05, 3.63) is 95.6 Å². The second kappa shape index (κ2) is 8.13. The lowest BCUT2D eigenvalue weighted by Gasteiger charge is -2.12. The van der Waals surface area contributed by atoms with E-state index in [1.807, 2.05) is 67.6 Å². The molecule has 0 saturated heterocycles. The van der Waals surface area contributed by atoms with Gasteiger partial charge in [-0.1, -0.05) is 54.6 Å². The first-order valence-corrected chi connectivity index (χ1v) is 9.45. The molecule has 0 saturated carbocycles. The van der Waals surface area contributed by atoms with E-state index in [2.05, 4.69) is 10.1 Å². The topological polar surface area (TPSA) is 82.3 Å². The van der Waals surface area contributed by atoms with Crippen LogP contribution in [0.15, 0.2) is 89.0 Å². The summed E-state index contributed by atoms with van der Waals surface area (Å²) in [5.41, 5.74) is 3.31. The number of hydrazone groups is 1. The predicted molar refractivity (Wildman–Crippen MR) is 117 cm³/mol. The fourth-order valence-electron chi connectivity index (χ4n) is 3.29. The Kier molecular flexibility index (Phi) is 5.22. The summed E-state index contributed by atoms with van der Waals surface area (Å²) in [4.78, 5) is 29.1. The van der Waals surface area contributed by atoms with Crippen molar-refractivity contribution in [1.29, 1.82) is 0 Å². The van der Waals surface area contributed by atoms with Gasteiger partial charge in [-0.2, -0.15) is 10.1 Å². The zero-order valence-electron chi connectivity index (χ0n) is 16.3. The van der Waals surface area contributed by atoms with Crippen LogP contribution in [0.1, 0.15) is 21.5 Å². The molecule has 0 radical (unpaired) electrons. The Labute approximate surface area is 173 Å². The lowest BCUT2D eigenvalue weighted by atomic mass is 9.98. The van der Waals surface area contributed by atoms with E-state index in [4.69, 9.17) is 0 Å². The maximum Gasteiger partial charge on any atom is 0.337 e. The number of hydrogen-bond donors (Lipinski definition) is 1. The minimum absolute atomic E-state index is 0.0837. The third-order valence-electron chi connectivity index (χ3n) is 4.79. The molecule has 1 aliphatic heterocycles. The van der Waals surface area contributed by atoms with E-state index >= 15 is 0 Å². The fourth-order valence-corrected chi connectivity index (χ4v) is 3.29. The van der Waals surface area contributed by atoms with Gasteiger partial charge in [0.15, 0.2) is 0 Å². The van der Waals surface area contributed by atoms with Gasteiger partial charge < -0.3 is 5.11 Å². The van der Waals surface area contributed by atoms with Gasteiger partial charge in [-0.05, 0) is 42.3 Å². The zero-order chi connectivity index (χ0) is 21.1. The quantitative estimate of drug-likeness (QED) is 0.645. The van der Waals surface area contributed by atoms with Crippen molar-refractivity contribution in [2.24, 2.45) is 16.0 Å². The van der Waals surface area contributed by atoms with Crippen LogP contribution in [0.2, 0.25) is 0 Å². The van der Waals surface area contributed by atoms with E-state index in [1.54, 1.807) is 12.1 Å². The maximum absolute atomic E-state index is 13.2. The standard InChI is InChI=1S/C24H19N3O3/c1-16-12-13-19(24(29)30)21(14-16)25-15-20-22(17-8-4-2-5-9-17)26-27(23(20)28)18-10-6-3-7-11-18/h2-15,20H,1H3,(H,29,30). The highest BCUT2D eigenvalue weighted by atomic mass is 16.4. The number of carbonyl (C=O) groups is 2. The number of aromatic carboxylic acids is 1. The molecule has 0 aliphatic carbocycles. The molecule has 1 atom stereocenters. The summed E-state index contributed by atoms with van der Waals surface area (Å²) < 4.78 is 0. The van der Waals surface area contributed by atoms with Crippen LogP contribution in [-0.2, 0) is 4.79 Å². The summed E-state index contributed by atoms with van der Waals surface area (Å²) in [7, 11) is 0. The van der Waals surface area contributed by atoms with Crippen molar-refractivity contribution in [2.45, 2.75) is 6.92 Å². The van der Waals surface area contributed by atoms with Crippen molar-refractivity contribution >= 4 is 35.2 Å². The monoisotopic (exact) mass is 397 g/mol. The number of hydrogen-bond acceptors (Lipinski definition) is 4. The Morgan fingerprint density at radius 3 is 2.37 bits per heavy atom. The molecule has 6 nitrogen and oxygen atoms in total. The number of carboxylic acid groups (broad SMARTS) is 1. The molecule has 0 bridgehead atoms. The Bertz CT molecular complexity index is 1150. The Hall–Kier alpha value is -4.06. The van der Waals surface area contributed by atoms with Gasteiger partial charge in [-0.3, -0.25) is 9.79 Å².